The molecule has 1 aromatic carbocycles. The van der Waals surface area contributed by atoms with Crippen molar-refractivity contribution in [2.75, 3.05) is 37.4 Å². The van der Waals surface area contributed by atoms with E-state index in [0.717, 1.165) is 12.8 Å². The minimum atomic E-state index is -0.698. The molecule has 1 heterocycles. The Kier molecular flexibility index (Phi) is 5.63. The molecule has 6 nitrogen and oxygen atoms in total. The first-order chi connectivity index (χ1) is 11.9. The third-order valence-corrected chi connectivity index (χ3v) is 5.68. The Morgan fingerprint density at radius 1 is 1.20 bits per heavy atom. The third-order valence-electron chi connectivity index (χ3n) is 5.05. The lowest BCUT2D eigenvalue weighted by molar-refractivity contribution is -0.141. The third kappa shape index (κ3) is 3.97. The normalized spacial score (nSPS) is 27.2. The molecule has 1 saturated carbocycles. The number of carbonyl (C=O) groups is 1. The summed E-state index contributed by atoms with van der Waals surface area (Å²) in [6.07, 6.45) is 2.92. The van der Waals surface area contributed by atoms with Crippen LogP contribution in [0.4, 0.5) is 11.4 Å². The molecule has 2 fully saturated rings. The van der Waals surface area contributed by atoms with Crippen molar-refractivity contribution in [1.29, 1.82) is 0 Å². The number of rotatable bonds is 3. The van der Waals surface area contributed by atoms with Gasteiger partial charge in [-0.2, -0.15) is 0 Å². The Labute approximate surface area is 157 Å². The molecule has 0 spiro atoms. The van der Waals surface area contributed by atoms with Gasteiger partial charge in [-0.15, -0.1) is 0 Å². The zero-order chi connectivity index (χ0) is 18.0. The first kappa shape index (κ1) is 18.6. The average molecular weight is 387 g/mol. The Balaban J connectivity index is 1.88. The molecular formula is C17H24Cl2N4O2. The second-order valence-corrected chi connectivity index (χ2v) is 7.62. The van der Waals surface area contributed by atoms with Gasteiger partial charge in [0.25, 0.3) is 0 Å². The van der Waals surface area contributed by atoms with Crippen LogP contribution in [0.1, 0.15) is 25.7 Å². The number of hydrogen-bond acceptors (Lipinski definition) is 5. The minimum absolute atomic E-state index is 0.0896. The van der Waals surface area contributed by atoms with Gasteiger partial charge < -0.3 is 26.4 Å². The van der Waals surface area contributed by atoms with Gasteiger partial charge in [-0.05, 0) is 37.8 Å². The van der Waals surface area contributed by atoms with E-state index in [4.69, 9.17) is 39.4 Å². The molecule has 0 unspecified atom stereocenters. The van der Waals surface area contributed by atoms with Crippen molar-refractivity contribution in [2.45, 2.75) is 37.3 Å². The van der Waals surface area contributed by atoms with E-state index in [1.54, 1.807) is 12.1 Å². The van der Waals surface area contributed by atoms with Crippen molar-refractivity contribution in [3.05, 3.63) is 22.2 Å². The molecule has 25 heavy (non-hydrogen) atoms. The van der Waals surface area contributed by atoms with E-state index in [2.05, 4.69) is 5.32 Å². The van der Waals surface area contributed by atoms with E-state index in [-0.39, 0.29) is 11.9 Å². The van der Waals surface area contributed by atoms with Crippen molar-refractivity contribution in [3.8, 4) is 0 Å². The van der Waals surface area contributed by atoms with Gasteiger partial charge in [-0.25, -0.2) is 0 Å². The number of benzene rings is 1. The van der Waals surface area contributed by atoms with Crippen LogP contribution in [-0.4, -0.2) is 48.7 Å². The Hall–Kier alpha value is -1.21. The van der Waals surface area contributed by atoms with Gasteiger partial charge in [0, 0.05) is 24.8 Å². The average Bonchev–Trinajstić information content (AvgIpc) is 2.62. The summed E-state index contributed by atoms with van der Waals surface area (Å²) in [5, 5.41) is 4.15. The lowest BCUT2D eigenvalue weighted by atomic mass is 9.78. The molecule has 5 N–H and O–H groups in total. The van der Waals surface area contributed by atoms with Crippen LogP contribution >= 0.6 is 23.2 Å². The van der Waals surface area contributed by atoms with Gasteiger partial charge in [0.2, 0.25) is 5.91 Å². The van der Waals surface area contributed by atoms with Gasteiger partial charge in [0.15, 0.2) is 0 Å². The molecule has 0 atom stereocenters. The summed E-state index contributed by atoms with van der Waals surface area (Å²) in [5.41, 5.74) is 12.2. The molecule has 0 radical (unpaired) electrons. The molecule has 3 rings (SSSR count). The summed E-state index contributed by atoms with van der Waals surface area (Å²) in [6.45, 7) is 2.36. The van der Waals surface area contributed by atoms with E-state index in [9.17, 15) is 4.79 Å². The number of nitrogen functional groups attached to an aromatic ring is 1. The predicted octanol–water partition coefficient (Wildman–Crippen LogP) is 2.49. The molecule has 1 aliphatic heterocycles. The first-order valence-corrected chi connectivity index (χ1v) is 9.32. The number of nitrogens with zero attached hydrogens (tertiary/aromatic N) is 1. The molecule has 1 aromatic rings. The van der Waals surface area contributed by atoms with Crippen molar-refractivity contribution >= 4 is 40.5 Å². The maximum absolute atomic E-state index is 13.3. The summed E-state index contributed by atoms with van der Waals surface area (Å²) in [4.78, 5) is 15.2. The number of nitrogens with two attached hydrogens (primary N) is 2. The predicted molar refractivity (Wildman–Crippen MR) is 101 cm³/mol. The highest BCUT2D eigenvalue weighted by Crippen LogP contribution is 2.37. The van der Waals surface area contributed by atoms with Crippen LogP contribution in [0.15, 0.2) is 12.1 Å². The SMILES string of the molecule is Nc1c(Cl)cc(NC2(C(=O)N3CCOCC3)CCC(N)CC2)cc1Cl. The highest BCUT2D eigenvalue weighted by molar-refractivity contribution is 6.39. The fraction of sp³-hybridized carbons (Fsp3) is 0.588. The number of anilines is 2. The number of nitrogens with one attached hydrogen (secondary N) is 1. The molecule has 1 amide bonds. The van der Waals surface area contributed by atoms with Crippen LogP contribution in [0.25, 0.3) is 0 Å². The summed E-state index contributed by atoms with van der Waals surface area (Å²) in [6, 6.07) is 3.56. The van der Waals surface area contributed by atoms with Crippen molar-refractivity contribution in [3.63, 3.8) is 0 Å². The van der Waals surface area contributed by atoms with Crippen LogP contribution in [0.2, 0.25) is 10.0 Å². The molecule has 0 bridgehead atoms. The first-order valence-electron chi connectivity index (χ1n) is 8.57. The molecule has 1 saturated heterocycles. The Morgan fingerprint density at radius 2 is 1.76 bits per heavy atom. The quantitative estimate of drug-likeness (QED) is 0.693. The largest absolute Gasteiger partial charge is 0.396 e. The zero-order valence-corrected chi connectivity index (χ0v) is 15.6. The molecule has 2 aliphatic rings. The van der Waals surface area contributed by atoms with Crippen molar-refractivity contribution in [2.24, 2.45) is 5.73 Å². The molecule has 1 aliphatic carbocycles. The summed E-state index contributed by atoms with van der Waals surface area (Å²) in [5.74, 6) is 0.0896. The number of halogens is 2. The van der Waals surface area contributed by atoms with Crippen molar-refractivity contribution < 1.29 is 9.53 Å². The van der Waals surface area contributed by atoms with Crippen LogP contribution in [0, 0.1) is 0 Å². The van der Waals surface area contributed by atoms with E-state index < -0.39 is 5.54 Å². The molecule has 8 heteroatoms. The maximum Gasteiger partial charge on any atom is 0.248 e. The summed E-state index contributed by atoms with van der Waals surface area (Å²) < 4.78 is 5.37. The Bertz CT molecular complexity index is 619. The van der Waals surface area contributed by atoms with Gasteiger partial charge in [-0.1, -0.05) is 23.2 Å². The zero-order valence-electron chi connectivity index (χ0n) is 14.1. The van der Waals surface area contributed by atoms with Crippen LogP contribution in [0.5, 0.6) is 0 Å². The van der Waals surface area contributed by atoms with Gasteiger partial charge in [0.05, 0.1) is 28.9 Å². The maximum atomic E-state index is 13.3. The second kappa shape index (κ2) is 7.58. The van der Waals surface area contributed by atoms with Crippen LogP contribution in [0.3, 0.4) is 0 Å². The highest BCUT2D eigenvalue weighted by Gasteiger charge is 2.44. The topological polar surface area (TPSA) is 93.6 Å². The monoisotopic (exact) mass is 386 g/mol. The molecular weight excluding hydrogens is 363 g/mol. The standard InChI is InChI=1S/C17H24Cl2N4O2/c18-13-9-12(10-14(19)15(13)21)22-17(3-1-11(20)2-4-17)16(24)23-5-7-25-8-6-23/h9-11,22H,1-8,20-21H2. The number of ether oxygens (including phenoxy) is 1. The number of morpholine rings is 1. The van der Waals surface area contributed by atoms with E-state index in [1.165, 1.54) is 0 Å². The summed E-state index contributed by atoms with van der Waals surface area (Å²) in [7, 11) is 0. The second-order valence-electron chi connectivity index (χ2n) is 6.80. The number of amides is 1. The van der Waals surface area contributed by atoms with Crippen LogP contribution in [-0.2, 0) is 9.53 Å². The van der Waals surface area contributed by atoms with E-state index in [0.29, 0.717) is 60.6 Å². The van der Waals surface area contributed by atoms with Crippen molar-refractivity contribution in [1.82, 2.24) is 4.90 Å². The van der Waals surface area contributed by atoms with Crippen LogP contribution < -0.4 is 16.8 Å². The van der Waals surface area contributed by atoms with Gasteiger partial charge >= 0.3 is 0 Å². The minimum Gasteiger partial charge on any atom is -0.396 e. The smallest absolute Gasteiger partial charge is 0.248 e. The fourth-order valence-corrected chi connectivity index (χ4v) is 4.01. The van der Waals surface area contributed by atoms with Gasteiger partial charge in [-0.3, -0.25) is 4.79 Å². The molecule has 0 aromatic heterocycles. The number of carbonyl (C=O) groups excluding carboxylic acids is 1. The molecule has 138 valence electrons. The summed E-state index contributed by atoms with van der Waals surface area (Å²) >= 11 is 12.3. The fourth-order valence-electron chi connectivity index (χ4n) is 3.53. The van der Waals surface area contributed by atoms with E-state index in [1.807, 2.05) is 4.90 Å². The Morgan fingerprint density at radius 3 is 2.32 bits per heavy atom. The highest BCUT2D eigenvalue weighted by atomic mass is 35.5. The lowest BCUT2D eigenvalue weighted by Gasteiger charge is -2.43. The number of hydrogen-bond donors (Lipinski definition) is 3. The van der Waals surface area contributed by atoms with Gasteiger partial charge in [0.1, 0.15) is 5.54 Å². The lowest BCUT2D eigenvalue weighted by Crippen LogP contribution is -2.58. The van der Waals surface area contributed by atoms with E-state index >= 15 is 0 Å².